The highest BCUT2D eigenvalue weighted by molar-refractivity contribution is 8.26. The Morgan fingerprint density at radius 1 is 1.58 bits per heavy atom. The number of furan rings is 1. The third kappa shape index (κ3) is 2.37. The van der Waals surface area contributed by atoms with Crippen molar-refractivity contribution in [3.63, 3.8) is 0 Å². The zero-order valence-electron chi connectivity index (χ0n) is 10.9. The molecule has 19 heavy (non-hydrogen) atoms. The van der Waals surface area contributed by atoms with Crippen molar-refractivity contribution in [1.82, 2.24) is 4.90 Å². The molecule has 0 radical (unpaired) electrons. The second-order valence-corrected chi connectivity index (χ2v) is 6.66. The van der Waals surface area contributed by atoms with E-state index < -0.39 is 0 Å². The molecule has 0 aromatic carbocycles. The van der Waals surface area contributed by atoms with Crippen molar-refractivity contribution in [1.29, 1.82) is 0 Å². The minimum atomic E-state index is -0.0183. The van der Waals surface area contributed by atoms with Gasteiger partial charge in [-0.1, -0.05) is 30.9 Å². The second-order valence-electron chi connectivity index (χ2n) is 4.99. The molecule has 2 fully saturated rings. The van der Waals surface area contributed by atoms with Crippen LogP contribution in [-0.2, 0) is 4.79 Å². The highest BCUT2D eigenvalue weighted by atomic mass is 32.2. The molecule has 0 N–H and O–H groups in total. The van der Waals surface area contributed by atoms with Gasteiger partial charge in [-0.25, -0.2) is 0 Å². The lowest BCUT2D eigenvalue weighted by Crippen LogP contribution is -2.27. The number of thiocarbonyl (C=S) groups is 1. The maximum atomic E-state index is 12.1. The Labute approximate surface area is 122 Å². The Kier molecular flexibility index (Phi) is 3.27. The summed E-state index contributed by atoms with van der Waals surface area (Å²) in [6.07, 6.45) is 3.00. The van der Waals surface area contributed by atoms with Gasteiger partial charge in [-0.3, -0.25) is 9.69 Å². The molecule has 2 atom stereocenters. The number of thioether (sulfide) groups is 1. The highest BCUT2D eigenvalue weighted by Crippen LogP contribution is 2.47. The predicted molar refractivity (Wildman–Crippen MR) is 80.8 cm³/mol. The molecule has 1 saturated carbocycles. The summed E-state index contributed by atoms with van der Waals surface area (Å²) in [5, 5.41) is 0. The Morgan fingerprint density at radius 3 is 2.89 bits per heavy atom. The first-order valence-electron chi connectivity index (χ1n) is 6.45. The number of carbonyl (C=O) groups excluding carboxylic acids is 1. The molecule has 1 saturated heterocycles. The summed E-state index contributed by atoms with van der Waals surface area (Å²) in [5.74, 6) is 3.04. The van der Waals surface area contributed by atoms with Crippen LogP contribution in [0.15, 0.2) is 21.5 Å². The van der Waals surface area contributed by atoms with Crippen LogP contribution in [0.4, 0.5) is 0 Å². The molecular formula is C14H15NO2S2. The largest absolute Gasteiger partial charge is 0.461 e. The summed E-state index contributed by atoms with van der Waals surface area (Å²) >= 11 is 6.52. The monoisotopic (exact) mass is 293 g/mol. The second kappa shape index (κ2) is 4.80. The van der Waals surface area contributed by atoms with E-state index in [1.807, 2.05) is 19.1 Å². The topological polar surface area (TPSA) is 33.5 Å². The van der Waals surface area contributed by atoms with Gasteiger partial charge in [0.15, 0.2) is 0 Å². The fraction of sp³-hybridized carbons (Fsp3) is 0.429. The molecule has 3 nitrogen and oxygen atoms in total. The normalized spacial score (nSPS) is 28.5. The van der Waals surface area contributed by atoms with Crippen molar-refractivity contribution in [3.8, 4) is 0 Å². The molecular weight excluding hydrogens is 278 g/mol. The lowest BCUT2D eigenvalue weighted by atomic mass is 10.3. The number of carbonyl (C=O) groups is 1. The van der Waals surface area contributed by atoms with Crippen LogP contribution in [0.25, 0.3) is 6.08 Å². The Morgan fingerprint density at radius 2 is 2.32 bits per heavy atom. The standard InChI is InChI=1S/C14H15NO2S2/c1-3-15-13(16)12(19-14(15)18)7-9-4-5-11(17-9)10-6-8(10)2/h4-5,7-8,10H,3,6H2,1-2H3/b12-7+/t8-,10-/m1/s1. The van der Waals surface area contributed by atoms with Gasteiger partial charge in [0.25, 0.3) is 5.91 Å². The van der Waals surface area contributed by atoms with Crippen molar-refractivity contribution >= 4 is 40.3 Å². The third-order valence-electron chi connectivity index (χ3n) is 3.59. The van der Waals surface area contributed by atoms with E-state index in [0.717, 1.165) is 17.4 Å². The molecule has 2 heterocycles. The third-order valence-corrected chi connectivity index (χ3v) is 4.96. The van der Waals surface area contributed by atoms with E-state index in [2.05, 4.69) is 6.92 Å². The van der Waals surface area contributed by atoms with E-state index >= 15 is 0 Å². The number of likely N-dealkylation sites (N-methyl/N-ethyl adjacent to an activating group) is 1. The molecule has 1 amide bonds. The van der Waals surface area contributed by atoms with Crippen molar-refractivity contribution in [2.75, 3.05) is 6.54 Å². The fourth-order valence-electron chi connectivity index (χ4n) is 2.27. The number of hydrogen-bond acceptors (Lipinski definition) is 4. The van der Waals surface area contributed by atoms with E-state index in [0.29, 0.717) is 21.7 Å². The van der Waals surface area contributed by atoms with E-state index in [1.165, 1.54) is 18.2 Å². The number of hydrogen-bond donors (Lipinski definition) is 0. The minimum absolute atomic E-state index is 0.0183. The van der Waals surface area contributed by atoms with Gasteiger partial charge >= 0.3 is 0 Å². The van der Waals surface area contributed by atoms with Gasteiger partial charge in [-0.05, 0) is 31.4 Å². The Hall–Kier alpha value is -1.07. The first kappa shape index (κ1) is 12.9. The molecule has 3 rings (SSSR count). The summed E-state index contributed by atoms with van der Waals surface area (Å²) in [6, 6.07) is 3.94. The van der Waals surface area contributed by atoms with Gasteiger partial charge in [-0.2, -0.15) is 0 Å². The van der Waals surface area contributed by atoms with Crippen molar-refractivity contribution in [2.24, 2.45) is 5.92 Å². The lowest BCUT2D eigenvalue weighted by Gasteiger charge is -2.09. The number of amides is 1. The van der Waals surface area contributed by atoms with Gasteiger partial charge in [0, 0.05) is 18.5 Å². The van der Waals surface area contributed by atoms with Gasteiger partial charge in [0.1, 0.15) is 15.8 Å². The van der Waals surface area contributed by atoms with Crippen LogP contribution in [0.1, 0.15) is 37.7 Å². The van der Waals surface area contributed by atoms with E-state index in [-0.39, 0.29) is 5.91 Å². The molecule has 2 aliphatic rings. The molecule has 100 valence electrons. The smallest absolute Gasteiger partial charge is 0.266 e. The number of nitrogens with zero attached hydrogens (tertiary/aromatic N) is 1. The highest BCUT2D eigenvalue weighted by Gasteiger charge is 2.36. The molecule has 1 aliphatic carbocycles. The average molecular weight is 293 g/mol. The quantitative estimate of drug-likeness (QED) is 0.629. The summed E-state index contributed by atoms with van der Waals surface area (Å²) in [7, 11) is 0. The zero-order valence-corrected chi connectivity index (χ0v) is 12.5. The van der Waals surface area contributed by atoms with E-state index in [4.69, 9.17) is 16.6 Å². The van der Waals surface area contributed by atoms with Gasteiger partial charge in [-0.15, -0.1) is 0 Å². The molecule has 0 unspecified atom stereocenters. The maximum absolute atomic E-state index is 12.1. The van der Waals surface area contributed by atoms with E-state index in [1.54, 1.807) is 11.0 Å². The molecule has 0 spiro atoms. The van der Waals surface area contributed by atoms with Crippen LogP contribution in [0.5, 0.6) is 0 Å². The first-order valence-corrected chi connectivity index (χ1v) is 7.67. The molecule has 1 aromatic heterocycles. The Balaban J connectivity index is 1.80. The first-order chi connectivity index (χ1) is 9.10. The Bertz CT molecular complexity index is 576. The van der Waals surface area contributed by atoms with Crippen molar-refractivity contribution < 1.29 is 9.21 Å². The predicted octanol–water partition coefficient (Wildman–Crippen LogP) is 3.62. The fourth-order valence-corrected chi connectivity index (χ4v) is 3.63. The molecule has 1 aromatic rings. The summed E-state index contributed by atoms with van der Waals surface area (Å²) in [4.78, 5) is 14.3. The van der Waals surface area contributed by atoms with Crippen LogP contribution in [0.3, 0.4) is 0 Å². The molecule has 5 heteroatoms. The van der Waals surface area contributed by atoms with E-state index in [9.17, 15) is 4.79 Å². The molecule has 1 aliphatic heterocycles. The maximum Gasteiger partial charge on any atom is 0.266 e. The van der Waals surface area contributed by atoms with Crippen LogP contribution >= 0.6 is 24.0 Å². The summed E-state index contributed by atoms with van der Waals surface area (Å²) in [6.45, 7) is 4.76. The van der Waals surface area contributed by atoms with Crippen molar-refractivity contribution in [2.45, 2.75) is 26.2 Å². The van der Waals surface area contributed by atoms with Crippen LogP contribution < -0.4 is 0 Å². The van der Waals surface area contributed by atoms with Gasteiger partial charge in [0.2, 0.25) is 0 Å². The van der Waals surface area contributed by atoms with Crippen LogP contribution in [0, 0.1) is 5.92 Å². The van der Waals surface area contributed by atoms with Gasteiger partial charge < -0.3 is 4.42 Å². The van der Waals surface area contributed by atoms with Gasteiger partial charge in [0.05, 0.1) is 4.91 Å². The average Bonchev–Trinajstić information content (AvgIpc) is 2.83. The number of rotatable bonds is 3. The van der Waals surface area contributed by atoms with Crippen LogP contribution in [-0.4, -0.2) is 21.7 Å². The van der Waals surface area contributed by atoms with Crippen LogP contribution in [0.2, 0.25) is 0 Å². The lowest BCUT2D eigenvalue weighted by molar-refractivity contribution is -0.121. The van der Waals surface area contributed by atoms with Crippen molar-refractivity contribution in [3.05, 3.63) is 28.6 Å². The minimum Gasteiger partial charge on any atom is -0.461 e. The molecule has 0 bridgehead atoms. The summed E-state index contributed by atoms with van der Waals surface area (Å²) in [5.41, 5.74) is 0. The zero-order chi connectivity index (χ0) is 13.6. The SMILES string of the molecule is CCN1C(=O)/C(=C\c2ccc([C@@H]3C[C@H]3C)o2)SC1=S. The summed E-state index contributed by atoms with van der Waals surface area (Å²) < 4.78 is 6.41.